The Morgan fingerprint density at radius 1 is 1.28 bits per heavy atom. The van der Waals surface area contributed by atoms with Crippen LogP contribution < -0.4 is 51.4 Å². The van der Waals surface area contributed by atoms with Crippen molar-refractivity contribution < 1.29 is 83.2 Å². The number of alkyl halides is 3. The molecule has 8 heteroatoms. The topological polar surface area (TPSA) is 35.5 Å². The Bertz CT molecular complexity index is 892. The summed E-state index contributed by atoms with van der Waals surface area (Å²) in [6.07, 6.45) is 9.13. The summed E-state index contributed by atoms with van der Waals surface area (Å²) in [6.45, 7) is 18.5. The molecule has 6 unspecified atom stereocenters. The van der Waals surface area contributed by atoms with E-state index in [9.17, 15) is 22.4 Å². The Kier molecular flexibility index (Phi) is 22.0. The second-order valence-electron chi connectivity index (χ2n) is 12.7. The molecule has 244 valence electrons. The zero-order chi connectivity index (χ0) is 31.9. The van der Waals surface area contributed by atoms with Crippen molar-refractivity contribution in [3.05, 3.63) is 49.0 Å². The van der Waals surface area contributed by atoms with E-state index in [-0.39, 0.29) is 56.8 Å². The molecule has 1 heterocycles. The second-order valence-corrected chi connectivity index (χ2v) is 12.7. The van der Waals surface area contributed by atoms with Gasteiger partial charge in [0.1, 0.15) is 5.78 Å². The molecule has 0 bridgehead atoms. The summed E-state index contributed by atoms with van der Waals surface area (Å²) in [6, 6.07) is 4.54. The normalized spacial score (nSPS) is 26.8. The standard InChI is InChI=1S/C13H22O.C8H16.C7H3F4.C7H14O2.K/c1-9(2)11-7-12-5-4-6-13(12,8-11)10(3)14;1-4-5-6-7-8(2)3;8-6-4-2-1-3-5(6)7(9,10)11;1-6-3-4-9-5-7(6)8-2;/h9,11-12H,4-8H2,1-3H3;6,8H,2,4-5,7H2,1,3H3;2-4H;6-7H,3-5H2,1-2H3;/q;-2;-1;;+1. The molecule has 3 aliphatic rings. The van der Waals surface area contributed by atoms with E-state index in [2.05, 4.69) is 54.0 Å². The Morgan fingerprint density at radius 2 is 1.95 bits per heavy atom. The Morgan fingerprint density at radius 3 is 2.37 bits per heavy atom. The van der Waals surface area contributed by atoms with Crippen LogP contribution in [0.5, 0.6) is 0 Å². The van der Waals surface area contributed by atoms with E-state index in [0.717, 1.165) is 49.5 Å². The minimum atomic E-state index is -4.62. The van der Waals surface area contributed by atoms with Gasteiger partial charge in [-0.05, 0) is 68.3 Å². The first-order valence-electron chi connectivity index (χ1n) is 15.7. The van der Waals surface area contributed by atoms with Gasteiger partial charge in [0.05, 0.1) is 12.7 Å². The fourth-order valence-electron chi connectivity index (χ4n) is 6.14. The van der Waals surface area contributed by atoms with Crippen LogP contribution in [0.4, 0.5) is 17.6 Å². The van der Waals surface area contributed by atoms with E-state index in [0.29, 0.717) is 29.8 Å². The van der Waals surface area contributed by atoms with Crippen LogP contribution >= 0.6 is 0 Å². The molecule has 43 heavy (non-hydrogen) atoms. The van der Waals surface area contributed by atoms with Gasteiger partial charge in [-0.1, -0.05) is 47.5 Å². The van der Waals surface area contributed by atoms with Crippen LogP contribution in [0, 0.1) is 60.2 Å². The number of ether oxygens (including phenoxy) is 2. The molecule has 2 saturated carbocycles. The maximum Gasteiger partial charge on any atom is 1.00 e. The zero-order valence-corrected chi connectivity index (χ0v) is 31.1. The number of methoxy groups -OCH3 is 1. The number of hydrogen-bond donors (Lipinski definition) is 0. The van der Waals surface area contributed by atoms with Gasteiger partial charge in [0.25, 0.3) is 0 Å². The first-order valence-corrected chi connectivity index (χ1v) is 15.7. The van der Waals surface area contributed by atoms with Crippen molar-refractivity contribution in [3.8, 4) is 0 Å². The molecule has 0 radical (unpaired) electrons. The number of unbranched alkanes of at least 4 members (excludes halogenated alkanes) is 2. The van der Waals surface area contributed by atoms with Gasteiger partial charge < -0.3 is 22.8 Å². The van der Waals surface area contributed by atoms with Gasteiger partial charge in [-0.25, -0.2) is 10.8 Å². The number of benzene rings is 1. The van der Waals surface area contributed by atoms with Gasteiger partial charge in [0.15, 0.2) is 0 Å². The van der Waals surface area contributed by atoms with E-state index < -0.39 is 17.6 Å². The molecule has 0 amide bonds. The molecular formula is C35H55F4KO3-2. The van der Waals surface area contributed by atoms with Crippen molar-refractivity contribution in [2.75, 3.05) is 20.3 Å². The predicted octanol–water partition coefficient (Wildman–Crippen LogP) is 6.99. The first kappa shape index (κ1) is 43.2. The second kappa shape index (κ2) is 21.9. The third-order valence-corrected chi connectivity index (χ3v) is 8.93. The molecule has 3 nitrogen and oxygen atoms in total. The summed E-state index contributed by atoms with van der Waals surface area (Å²) in [7, 11) is 1.75. The number of carbonyl (C=O) groups excluding carboxylic acids is 1. The zero-order valence-electron chi connectivity index (χ0n) is 28.0. The van der Waals surface area contributed by atoms with Crippen LogP contribution in [0.2, 0.25) is 0 Å². The van der Waals surface area contributed by atoms with E-state index >= 15 is 0 Å². The van der Waals surface area contributed by atoms with Crippen LogP contribution in [0.3, 0.4) is 0 Å². The molecule has 3 fully saturated rings. The molecule has 1 saturated heterocycles. The van der Waals surface area contributed by atoms with Crippen LogP contribution in [0.25, 0.3) is 0 Å². The van der Waals surface area contributed by atoms with Crippen molar-refractivity contribution in [3.63, 3.8) is 0 Å². The third-order valence-electron chi connectivity index (χ3n) is 8.93. The molecule has 6 atom stereocenters. The van der Waals surface area contributed by atoms with Crippen LogP contribution in [-0.4, -0.2) is 32.2 Å². The molecule has 0 N–H and O–H groups in total. The maximum absolute atomic E-state index is 12.3. The molecule has 1 aromatic carbocycles. The quantitative estimate of drug-likeness (QED) is 0.140. The molecule has 1 aromatic rings. The van der Waals surface area contributed by atoms with Gasteiger partial charge in [-0.15, -0.1) is 6.07 Å². The van der Waals surface area contributed by atoms with Gasteiger partial charge in [-0.3, -0.25) is 4.79 Å². The van der Waals surface area contributed by atoms with Gasteiger partial charge >= 0.3 is 57.6 Å². The summed E-state index contributed by atoms with van der Waals surface area (Å²) in [5, 5.41) is 0. The molecule has 2 aliphatic carbocycles. The third kappa shape index (κ3) is 15.1. The summed E-state index contributed by atoms with van der Waals surface area (Å²) >= 11 is 0. The smallest absolute Gasteiger partial charge is 0.379 e. The van der Waals surface area contributed by atoms with Crippen molar-refractivity contribution in [2.45, 2.75) is 112 Å². The van der Waals surface area contributed by atoms with Gasteiger partial charge in [-0.2, -0.15) is 43.7 Å². The van der Waals surface area contributed by atoms with Crippen LogP contribution in [0.1, 0.15) is 105 Å². The average molecular weight is 639 g/mol. The van der Waals surface area contributed by atoms with E-state index in [1.807, 2.05) is 6.92 Å². The summed E-state index contributed by atoms with van der Waals surface area (Å²) in [5.41, 5.74) is -1.16. The molecule has 1 aliphatic heterocycles. The van der Waals surface area contributed by atoms with E-state index in [1.165, 1.54) is 51.4 Å². The largest absolute Gasteiger partial charge is 1.00 e. The average Bonchev–Trinajstić information content (AvgIpc) is 3.49. The summed E-state index contributed by atoms with van der Waals surface area (Å²) in [5.74, 6) is 2.78. The number of fused-ring (bicyclic) bond motifs is 1. The van der Waals surface area contributed by atoms with Gasteiger partial charge in [0, 0.05) is 24.9 Å². The number of ketones is 1. The molecule has 0 spiro atoms. The Hall–Kier alpha value is 0.166. The fraction of sp³-hybridized carbons (Fsp3) is 0.743. The number of carbonyl (C=O) groups is 1. The fourth-order valence-corrected chi connectivity index (χ4v) is 6.14. The van der Waals surface area contributed by atoms with E-state index in [1.54, 1.807) is 7.11 Å². The number of halogens is 4. The molecule has 0 aromatic heterocycles. The van der Waals surface area contributed by atoms with Crippen molar-refractivity contribution in [2.24, 2.45) is 35.0 Å². The summed E-state index contributed by atoms with van der Waals surface area (Å²) < 4.78 is 58.1. The number of hydrogen-bond acceptors (Lipinski definition) is 3. The Labute approximate surface area is 302 Å². The van der Waals surface area contributed by atoms with Crippen LogP contribution in [0.15, 0.2) is 18.2 Å². The van der Waals surface area contributed by atoms with Crippen molar-refractivity contribution in [1.29, 1.82) is 0 Å². The summed E-state index contributed by atoms with van der Waals surface area (Å²) in [4.78, 5) is 11.8. The Balaban J connectivity index is 0.000000557. The minimum absolute atomic E-state index is 0. The molecular weight excluding hydrogens is 583 g/mol. The van der Waals surface area contributed by atoms with E-state index in [4.69, 9.17) is 9.47 Å². The number of Topliss-reactive ketones (excluding diaryl/α,β-unsaturated/α-hetero) is 1. The number of rotatable bonds is 7. The minimum Gasteiger partial charge on any atom is -0.379 e. The van der Waals surface area contributed by atoms with Crippen molar-refractivity contribution in [1.82, 2.24) is 0 Å². The monoisotopic (exact) mass is 638 g/mol. The predicted molar refractivity (Wildman–Crippen MR) is 162 cm³/mol. The maximum atomic E-state index is 12.3. The molecule has 4 rings (SSSR count). The first-order chi connectivity index (χ1) is 19.7. The van der Waals surface area contributed by atoms with Gasteiger partial charge in [0.2, 0.25) is 0 Å². The SMILES string of the molecule is CC(=O)C12CCCC1CC(C(C)C)C2.COC1COCCC1C.Fc1cc[c-]cc1C(F)(F)F.[CH2-]C(C)C[CH-]CCC.[K+]. The van der Waals surface area contributed by atoms with Crippen molar-refractivity contribution >= 4 is 5.78 Å². The van der Waals surface area contributed by atoms with Crippen LogP contribution in [-0.2, 0) is 20.4 Å².